The molecule has 0 aromatic heterocycles. The largest absolute Gasteiger partial charge is 0.508 e. The fourth-order valence-electron chi connectivity index (χ4n) is 12.5. The van der Waals surface area contributed by atoms with Gasteiger partial charge < -0.3 is 14.6 Å². The highest BCUT2D eigenvalue weighted by molar-refractivity contribution is 5.87. The SMILES string of the molecule is C=C(C)C1CCC2(C=O)CCC3(C)C(CCC4C5(C)CCC(OC(=O)C=Cc6ccc(O)cc6)C(C)(C)C5CCC43C)C12. The highest BCUT2D eigenvalue weighted by atomic mass is 16.5. The lowest BCUT2D eigenvalue weighted by Crippen LogP contribution is -2.66. The quantitative estimate of drug-likeness (QED) is 0.162. The summed E-state index contributed by atoms with van der Waals surface area (Å²) in [6.07, 6.45) is 15.8. The van der Waals surface area contributed by atoms with Crippen molar-refractivity contribution in [1.82, 2.24) is 0 Å². The molecule has 5 fully saturated rings. The molecule has 1 aromatic rings. The van der Waals surface area contributed by atoms with E-state index in [9.17, 15) is 14.7 Å². The highest BCUT2D eigenvalue weighted by Gasteiger charge is 2.71. The van der Waals surface area contributed by atoms with E-state index in [2.05, 4.69) is 48.1 Å². The number of phenols is 1. The zero-order valence-electron chi connectivity index (χ0n) is 27.5. The van der Waals surface area contributed by atoms with Crippen LogP contribution in [0.4, 0.5) is 0 Å². The van der Waals surface area contributed by atoms with Crippen molar-refractivity contribution in [2.75, 3.05) is 0 Å². The molecule has 5 aliphatic rings. The van der Waals surface area contributed by atoms with Crippen LogP contribution in [0, 0.1) is 56.7 Å². The monoisotopic (exact) mass is 586 g/mol. The van der Waals surface area contributed by atoms with Gasteiger partial charge in [-0.3, -0.25) is 0 Å². The van der Waals surface area contributed by atoms with Crippen LogP contribution in [0.2, 0.25) is 0 Å². The van der Waals surface area contributed by atoms with Crippen LogP contribution in [0.15, 0.2) is 42.5 Å². The van der Waals surface area contributed by atoms with Crippen LogP contribution >= 0.6 is 0 Å². The van der Waals surface area contributed by atoms with E-state index in [0.717, 1.165) is 37.7 Å². The third kappa shape index (κ3) is 4.43. The van der Waals surface area contributed by atoms with E-state index in [1.165, 1.54) is 50.0 Å². The van der Waals surface area contributed by atoms with E-state index < -0.39 is 0 Å². The molecule has 0 aliphatic heterocycles. The Hall–Kier alpha value is -2.36. The Labute approximate surface area is 259 Å². The summed E-state index contributed by atoms with van der Waals surface area (Å²) in [7, 11) is 0. The molecule has 43 heavy (non-hydrogen) atoms. The average molecular weight is 587 g/mol. The van der Waals surface area contributed by atoms with Crippen LogP contribution in [-0.2, 0) is 14.3 Å². The van der Waals surface area contributed by atoms with Gasteiger partial charge in [0.25, 0.3) is 0 Å². The van der Waals surface area contributed by atoms with Gasteiger partial charge in [-0.2, -0.15) is 0 Å². The average Bonchev–Trinajstić information content (AvgIpc) is 3.35. The molecular formula is C39H54O4. The summed E-state index contributed by atoms with van der Waals surface area (Å²) < 4.78 is 6.20. The van der Waals surface area contributed by atoms with Crippen LogP contribution in [-0.4, -0.2) is 23.5 Å². The second kappa shape index (κ2) is 10.3. The lowest BCUT2D eigenvalue weighted by molar-refractivity contribution is -0.247. The number of phenolic OH excluding ortho intramolecular Hbond substituents is 1. The maximum absolute atomic E-state index is 13.0. The first-order valence-corrected chi connectivity index (χ1v) is 17.0. The van der Waals surface area contributed by atoms with E-state index in [4.69, 9.17) is 4.74 Å². The van der Waals surface area contributed by atoms with Crippen molar-refractivity contribution in [1.29, 1.82) is 0 Å². The van der Waals surface area contributed by atoms with Gasteiger partial charge in [-0.1, -0.05) is 58.9 Å². The van der Waals surface area contributed by atoms with E-state index in [1.807, 2.05) is 0 Å². The number of esters is 1. The Morgan fingerprint density at radius 2 is 1.60 bits per heavy atom. The van der Waals surface area contributed by atoms with Gasteiger partial charge in [0.15, 0.2) is 0 Å². The lowest BCUT2D eigenvalue weighted by Gasteiger charge is -2.72. The highest BCUT2D eigenvalue weighted by Crippen LogP contribution is 2.77. The van der Waals surface area contributed by atoms with Gasteiger partial charge in [0, 0.05) is 16.9 Å². The number of aromatic hydroxyl groups is 1. The van der Waals surface area contributed by atoms with Crippen molar-refractivity contribution in [3.05, 3.63) is 48.1 Å². The molecule has 4 heteroatoms. The summed E-state index contributed by atoms with van der Waals surface area (Å²) in [5.74, 6) is 2.58. The molecule has 1 N–H and O–H groups in total. The van der Waals surface area contributed by atoms with E-state index >= 15 is 0 Å². The Balaban J connectivity index is 1.23. The van der Waals surface area contributed by atoms with Crippen molar-refractivity contribution in [3.8, 4) is 5.75 Å². The Morgan fingerprint density at radius 1 is 0.884 bits per heavy atom. The molecule has 0 saturated heterocycles. The first kappa shape index (κ1) is 30.7. The summed E-state index contributed by atoms with van der Waals surface area (Å²) in [5, 5.41) is 9.54. The molecule has 0 radical (unpaired) electrons. The molecule has 10 atom stereocenters. The fraction of sp³-hybridized carbons (Fsp3) is 0.692. The van der Waals surface area contributed by atoms with Crippen molar-refractivity contribution in [2.45, 2.75) is 112 Å². The lowest BCUT2D eigenvalue weighted by atomic mass is 9.32. The van der Waals surface area contributed by atoms with Gasteiger partial charge in [-0.25, -0.2) is 4.79 Å². The normalized spacial score (nSPS) is 44.9. The molecule has 5 saturated carbocycles. The number of hydrogen-bond acceptors (Lipinski definition) is 4. The zero-order valence-corrected chi connectivity index (χ0v) is 27.5. The molecule has 1 aromatic carbocycles. The first-order valence-electron chi connectivity index (χ1n) is 17.0. The molecule has 6 rings (SSSR count). The van der Waals surface area contributed by atoms with E-state index in [1.54, 1.807) is 30.3 Å². The molecule has 0 bridgehead atoms. The number of rotatable bonds is 5. The molecule has 0 amide bonds. The van der Waals surface area contributed by atoms with Gasteiger partial charge in [0.05, 0.1) is 0 Å². The minimum absolute atomic E-state index is 0.100. The second-order valence-corrected chi connectivity index (χ2v) is 16.7. The maximum Gasteiger partial charge on any atom is 0.331 e. The number of benzene rings is 1. The molecule has 0 heterocycles. The smallest absolute Gasteiger partial charge is 0.331 e. The predicted molar refractivity (Wildman–Crippen MR) is 172 cm³/mol. The number of aldehydes is 1. The Morgan fingerprint density at radius 3 is 2.28 bits per heavy atom. The molecule has 10 unspecified atom stereocenters. The van der Waals surface area contributed by atoms with Crippen LogP contribution in [0.3, 0.4) is 0 Å². The van der Waals surface area contributed by atoms with Crippen molar-refractivity contribution in [2.24, 2.45) is 56.7 Å². The first-order chi connectivity index (χ1) is 20.2. The molecular weight excluding hydrogens is 532 g/mol. The van der Waals surface area contributed by atoms with E-state index in [0.29, 0.717) is 29.6 Å². The van der Waals surface area contributed by atoms with Gasteiger partial charge >= 0.3 is 5.97 Å². The summed E-state index contributed by atoms with van der Waals surface area (Å²) in [6.45, 7) is 19.2. The van der Waals surface area contributed by atoms with Gasteiger partial charge in [0.1, 0.15) is 18.1 Å². The predicted octanol–water partition coefficient (Wildman–Crippen LogP) is 9.17. The van der Waals surface area contributed by atoms with Crippen LogP contribution in [0.25, 0.3) is 6.08 Å². The Kier molecular flexibility index (Phi) is 7.38. The van der Waals surface area contributed by atoms with Crippen LogP contribution < -0.4 is 0 Å². The van der Waals surface area contributed by atoms with Gasteiger partial charge in [0.2, 0.25) is 0 Å². The fourth-order valence-corrected chi connectivity index (χ4v) is 12.5. The van der Waals surface area contributed by atoms with Gasteiger partial charge in [-0.15, -0.1) is 0 Å². The molecule has 5 aliphatic carbocycles. The number of hydrogen-bond donors (Lipinski definition) is 1. The minimum Gasteiger partial charge on any atom is -0.508 e. The standard InChI is InChI=1S/C39H54O4/c1-25(2)28-16-21-39(24-40)23-22-37(6)29(34(28)39)13-14-31-36(5)19-18-32(35(3,4)30(36)17-20-38(31,37)7)43-33(42)15-10-26-8-11-27(41)12-9-26/h8-12,15,24,28-32,34,41H,1,13-14,16-23H2,2-7H3. The minimum atomic E-state index is -0.284. The summed E-state index contributed by atoms with van der Waals surface area (Å²) in [5.41, 5.74) is 2.58. The van der Waals surface area contributed by atoms with Crippen LogP contribution in [0.1, 0.15) is 111 Å². The maximum atomic E-state index is 13.0. The third-order valence-corrected chi connectivity index (χ3v) is 14.9. The third-order valence-electron chi connectivity index (χ3n) is 14.9. The molecule has 234 valence electrons. The summed E-state index contributed by atoms with van der Waals surface area (Å²) in [6, 6.07) is 6.83. The van der Waals surface area contributed by atoms with Crippen LogP contribution in [0.5, 0.6) is 5.75 Å². The number of carbonyl (C=O) groups excluding carboxylic acids is 2. The van der Waals surface area contributed by atoms with Crippen molar-refractivity contribution >= 4 is 18.3 Å². The second-order valence-electron chi connectivity index (χ2n) is 16.7. The summed E-state index contributed by atoms with van der Waals surface area (Å²) in [4.78, 5) is 25.7. The molecule has 4 nitrogen and oxygen atoms in total. The number of carbonyl (C=O) groups is 2. The number of allylic oxidation sites excluding steroid dienone is 1. The molecule has 0 spiro atoms. The van der Waals surface area contributed by atoms with Crippen molar-refractivity contribution in [3.63, 3.8) is 0 Å². The topological polar surface area (TPSA) is 63.6 Å². The number of ether oxygens (including phenoxy) is 1. The van der Waals surface area contributed by atoms with Gasteiger partial charge in [-0.05, 0) is 141 Å². The zero-order chi connectivity index (χ0) is 31.0. The summed E-state index contributed by atoms with van der Waals surface area (Å²) >= 11 is 0. The number of fused-ring (bicyclic) bond motifs is 7. The Bertz CT molecular complexity index is 1310. The van der Waals surface area contributed by atoms with E-state index in [-0.39, 0.29) is 44.9 Å². The van der Waals surface area contributed by atoms with Crippen molar-refractivity contribution < 1.29 is 19.4 Å².